The predicted octanol–water partition coefficient (Wildman–Crippen LogP) is 0.00210. The molecule has 1 spiro atoms. The third-order valence-electron chi connectivity index (χ3n) is 4.87. The van der Waals surface area contributed by atoms with Crippen molar-refractivity contribution in [3.05, 3.63) is 0 Å². The lowest BCUT2D eigenvalue weighted by molar-refractivity contribution is -0.141. The maximum absolute atomic E-state index is 12.6. The number of hydrogen-bond donors (Lipinski definition) is 2. The van der Waals surface area contributed by atoms with Gasteiger partial charge in [0.15, 0.2) is 0 Å². The number of ether oxygens (including phenoxy) is 1. The highest BCUT2D eigenvalue weighted by Crippen LogP contribution is 2.30. The molecule has 3 aliphatic heterocycles. The van der Waals surface area contributed by atoms with E-state index in [1.807, 2.05) is 11.8 Å². The number of imide groups is 1. The van der Waals surface area contributed by atoms with E-state index in [9.17, 15) is 14.4 Å². The molecule has 21 heavy (non-hydrogen) atoms. The van der Waals surface area contributed by atoms with Gasteiger partial charge in [0.2, 0.25) is 5.91 Å². The van der Waals surface area contributed by atoms with Gasteiger partial charge in [-0.25, -0.2) is 4.79 Å². The van der Waals surface area contributed by atoms with Crippen molar-refractivity contribution in [2.75, 3.05) is 19.7 Å². The molecule has 0 aromatic carbocycles. The molecule has 2 unspecified atom stereocenters. The molecule has 7 nitrogen and oxygen atoms in total. The van der Waals surface area contributed by atoms with Crippen molar-refractivity contribution in [2.45, 2.75) is 44.2 Å². The molecule has 0 bridgehead atoms. The summed E-state index contributed by atoms with van der Waals surface area (Å²) in [6.07, 6.45) is 2.58. The number of rotatable bonds is 2. The fourth-order valence-electron chi connectivity index (χ4n) is 3.56. The summed E-state index contributed by atoms with van der Waals surface area (Å²) in [4.78, 5) is 37.6. The van der Waals surface area contributed by atoms with Gasteiger partial charge in [-0.3, -0.25) is 14.9 Å². The fraction of sp³-hybridized carbons (Fsp3) is 0.786. The number of likely N-dealkylation sites (tertiary alicyclic amines) is 1. The molecular weight excluding hydrogens is 274 g/mol. The van der Waals surface area contributed by atoms with Crippen molar-refractivity contribution in [1.82, 2.24) is 15.5 Å². The maximum atomic E-state index is 12.6. The fourth-order valence-corrected chi connectivity index (χ4v) is 3.56. The molecule has 0 aromatic heterocycles. The molecule has 0 radical (unpaired) electrons. The van der Waals surface area contributed by atoms with Gasteiger partial charge in [0.05, 0.1) is 12.0 Å². The highest BCUT2D eigenvalue weighted by Gasteiger charge is 2.49. The number of nitrogens with one attached hydrogen (secondary N) is 2. The van der Waals surface area contributed by atoms with Crippen molar-refractivity contribution in [3.8, 4) is 0 Å². The quantitative estimate of drug-likeness (QED) is 0.702. The lowest BCUT2D eigenvalue weighted by Crippen LogP contribution is -2.56. The number of carbonyl (C=O) groups is 3. The zero-order valence-corrected chi connectivity index (χ0v) is 12.2. The second-order valence-corrected chi connectivity index (χ2v) is 6.03. The highest BCUT2D eigenvalue weighted by molar-refractivity contribution is 6.07. The molecule has 3 aliphatic rings. The summed E-state index contributed by atoms with van der Waals surface area (Å²) in [7, 11) is 0. The van der Waals surface area contributed by atoms with Crippen molar-refractivity contribution in [2.24, 2.45) is 5.92 Å². The molecule has 3 rings (SSSR count). The summed E-state index contributed by atoms with van der Waals surface area (Å²) < 4.78 is 5.58. The molecule has 3 saturated heterocycles. The number of urea groups is 1. The second-order valence-electron chi connectivity index (χ2n) is 6.03. The minimum atomic E-state index is -0.815. The minimum Gasteiger partial charge on any atom is -0.377 e. The topological polar surface area (TPSA) is 87.7 Å². The van der Waals surface area contributed by atoms with Crippen LogP contribution >= 0.6 is 0 Å². The van der Waals surface area contributed by atoms with Crippen LogP contribution in [-0.4, -0.2) is 54.1 Å². The van der Waals surface area contributed by atoms with E-state index in [1.54, 1.807) is 0 Å². The third-order valence-corrected chi connectivity index (χ3v) is 4.87. The van der Waals surface area contributed by atoms with Crippen LogP contribution in [0.4, 0.5) is 4.79 Å². The van der Waals surface area contributed by atoms with Gasteiger partial charge in [0.25, 0.3) is 5.91 Å². The van der Waals surface area contributed by atoms with Gasteiger partial charge in [0.1, 0.15) is 5.54 Å². The molecule has 3 fully saturated rings. The standard InChI is InChI=1S/C14H21N3O4/c1-2-10-9(3-8-21-10)11(18)17-6-4-14(5-7-17)12(19)15-13(20)16-14/h9-10H,2-8H2,1H3,(H2,15,16,19,20). The molecule has 116 valence electrons. The molecular formula is C14H21N3O4. The van der Waals surface area contributed by atoms with Crippen LogP contribution in [0.3, 0.4) is 0 Å². The molecule has 2 atom stereocenters. The molecule has 7 heteroatoms. The van der Waals surface area contributed by atoms with Gasteiger partial charge in [-0.1, -0.05) is 6.92 Å². The van der Waals surface area contributed by atoms with E-state index in [0.717, 1.165) is 12.8 Å². The van der Waals surface area contributed by atoms with E-state index in [4.69, 9.17) is 4.74 Å². The smallest absolute Gasteiger partial charge is 0.322 e. The van der Waals surface area contributed by atoms with Crippen molar-refractivity contribution in [1.29, 1.82) is 0 Å². The summed E-state index contributed by atoms with van der Waals surface area (Å²) >= 11 is 0. The van der Waals surface area contributed by atoms with E-state index in [-0.39, 0.29) is 23.8 Å². The predicted molar refractivity (Wildman–Crippen MR) is 73.4 cm³/mol. The van der Waals surface area contributed by atoms with E-state index in [1.165, 1.54) is 0 Å². The summed E-state index contributed by atoms with van der Waals surface area (Å²) in [6, 6.07) is -0.435. The van der Waals surface area contributed by atoms with Gasteiger partial charge in [-0.2, -0.15) is 0 Å². The van der Waals surface area contributed by atoms with Crippen LogP contribution in [0, 0.1) is 5.92 Å². The number of piperidine rings is 1. The summed E-state index contributed by atoms with van der Waals surface area (Å²) in [5.74, 6) is -0.204. The second kappa shape index (κ2) is 5.29. The first-order chi connectivity index (χ1) is 10.1. The van der Waals surface area contributed by atoms with Crippen LogP contribution in [0.15, 0.2) is 0 Å². The SMILES string of the molecule is CCC1OCCC1C(=O)N1CCC2(CC1)NC(=O)NC2=O. The van der Waals surface area contributed by atoms with Gasteiger partial charge >= 0.3 is 6.03 Å². The van der Waals surface area contributed by atoms with Crippen LogP contribution in [-0.2, 0) is 14.3 Å². The van der Waals surface area contributed by atoms with Crippen LogP contribution in [0.1, 0.15) is 32.6 Å². The first kappa shape index (κ1) is 14.3. The van der Waals surface area contributed by atoms with Crippen molar-refractivity contribution < 1.29 is 19.1 Å². The summed E-state index contributed by atoms with van der Waals surface area (Å²) in [6.45, 7) is 3.67. The Morgan fingerprint density at radius 1 is 1.38 bits per heavy atom. The van der Waals surface area contributed by atoms with Crippen LogP contribution < -0.4 is 10.6 Å². The molecule has 0 aliphatic carbocycles. The molecule has 0 aromatic rings. The van der Waals surface area contributed by atoms with E-state index in [0.29, 0.717) is 32.5 Å². The Bertz CT molecular complexity index is 471. The number of carbonyl (C=O) groups excluding carboxylic acids is 3. The minimum absolute atomic E-state index is 0.0165. The molecule has 2 N–H and O–H groups in total. The first-order valence-electron chi connectivity index (χ1n) is 7.60. The van der Waals surface area contributed by atoms with Gasteiger partial charge in [-0.15, -0.1) is 0 Å². The lowest BCUT2D eigenvalue weighted by Gasteiger charge is -2.38. The average Bonchev–Trinajstić information content (AvgIpc) is 3.04. The zero-order chi connectivity index (χ0) is 15.0. The summed E-state index contributed by atoms with van der Waals surface area (Å²) in [5.41, 5.74) is -0.815. The monoisotopic (exact) mass is 295 g/mol. The highest BCUT2D eigenvalue weighted by atomic mass is 16.5. The average molecular weight is 295 g/mol. The van der Waals surface area contributed by atoms with Crippen LogP contribution in [0.25, 0.3) is 0 Å². The Hall–Kier alpha value is -1.63. The zero-order valence-electron chi connectivity index (χ0n) is 12.2. The normalized spacial score (nSPS) is 31.4. The van der Waals surface area contributed by atoms with Gasteiger partial charge < -0.3 is 15.0 Å². The maximum Gasteiger partial charge on any atom is 0.322 e. The Kier molecular flexibility index (Phi) is 3.61. The van der Waals surface area contributed by atoms with Crippen LogP contribution in [0.2, 0.25) is 0 Å². The third kappa shape index (κ3) is 2.39. The number of amides is 4. The molecule has 3 heterocycles. The number of hydrogen-bond acceptors (Lipinski definition) is 4. The Morgan fingerprint density at radius 3 is 2.67 bits per heavy atom. The van der Waals surface area contributed by atoms with Crippen LogP contribution in [0.5, 0.6) is 0 Å². The number of nitrogens with zero attached hydrogens (tertiary/aromatic N) is 1. The lowest BCUT2D eigenvalue weighted by atomic mass is 9.86. The first-order valence-corrected chi connectivity index (χ1v) is 7.60. The Balaban J connectivity index is 1.62. The Morgan fingerprint density at radius 2 is 2.10 bits per heavy atom. The van der Waals surface area contributed by atoms with Gasteiger partial charge in [-0.05, 0) is 25.7 Å². The molecule has 0 saturated carbocycles. The van der Waals surface area contributed by atoms with Crippen molar-refractivity contribution in [3.63, 3.8) is 0 Å². The largest absolute Gasteiger partial charge is 0.377 e. The van der Waals surface area contributed by atoms with E-state index >= 15 is 0 Å². The van der Waals surface area contributed by atoms with Gasteiger partial charge in [0, 0.05) is 19.7 Å². The molecule has 4 amide bonds. The van der Waals surface area contributed by atoms with E-state index in [2.05, 4.69) is 10.6 Å². The Labute approximate surface area is 123 Å². The van der Waals surface area contributed by atoms with Crippen molar-refractivity contribution >= 4 is 17.8 Å². The summed E-state index contributed by atoms with van der Waals surface area (Å²) in [5, 5.41) is 4.99. The van der Waals surface area contributed by atoms with E-state index < -0.39 is 11.6 Å².